The van der Waals surface area contributed by atoms with Crippen molar-refractivity contribution in [1.29, 1.82) is 0 Å². The number of aromatic nitrogens is 2. The Morgan fingerprint density at radius 1 is 1.00 bits per heavy atom. The fourth-order valence-corrected chi connectivity index (χ4v) is 2.29. The van der Waals surface area contributed by atoms with Gasteiger partial charge in [-0.15, -0.1) is 0 Å². The normalized spacial score (nSPS) is 10.2. The molecule has 0 aliphatic carbocycles. The van der Waals surface area contributed by atoms with Gasteiger partial charge in [0.25, 0.3) is 5.91 Å². The molecular weight excluding hydrogens is 370 g/mol. The third kappa shape index (κ3) is 4.44. The molecule has 2 aromatic carbocycles. The zero-order chi connectivity index (χ0) is 20.1. The highest BCUT2D eigenvalue weighted by Crippen LogP contribution is 2.17. The van der Waals surface area contributed by atoms with Gasteiger partial charge in [0, 0.05) is 23.6 Å². The predicted octanol–water partition coefficient (Wildman–Crippen LogP) is 3.54. The van der Waals surface area contributed by atoms with Gasteiger partial charge in [-0.3, -0.25) is 4.79 Å². The van der Waals surface area contributed by atoms with Gasteiger partial charge in [-0.2, -0.15) is 0 Å². The number of benzene rings is 2. The van der Waals surface area contributed by atoms with E-state index in [9.17, 15) is 18.4 Å². The van der Waals surface area contributed by atoms with Crippen molar-refractivity contribution in [3.05, 3.63) is 77.6 Å². The van der Waals surface area contributed by atoms with Crippen molar-refractivity contribution in [1.82, 2.24) is 9.97 Å². The number of nitrogens with zero attached hydrogens (tertiary/aromatic N) is 2. The summed E-state index contributed by atoms with van der Waals surface area (Å²) in [5.41, 5.74) is 0.913. The van der Waals surface area contributed by atoms with E-state index in [-0.39, 0.29) is 22.9 Å². The van der Waals surface area contributed by atoms with Crippen molar-refractivity contribution in [3.8, 4) is 0 Å². The van der Waals surface area contributed by atoms with Crippen LogP contribution in [0.2, 0.25) is 0 Å². The Morgan fingerprint density at radius 3 is 2.57 bits per heavy atom. The Bertz CT molecular complexity index is 1040. The SMILES string of the molecule is COC(=O)c1cccc(NC(=O)c2ccnc(Nc3ccc(F)c(F)c3)n2)c1. The first-order valence-electron chi connectivity index (χ1n) is 8.01. The second kappa shape index (κ2) is 8.21. The van der Waals surface area contributed by atoms with E-state index >= 15 is 0 Å². The quantitative estimate of drug-likeness (QED) is 0.654. The molecule has 0 bridgehead atoms. The molecule has 142 valence electrons. The third-order valence-corrected chi connectivity index (χ3v) is 3.61. The zero-order valence-corrected chi connectivity index (χ0v) is 14.6. The summed E-state index contributed by atoms with van der Waals surface area (Å²) in [7, 11) is 1.26. The van der Waals surface area contributed by atoms with Crippen LogP contribution in [0.3, 0.4) is 0 Å². The lowest BCUT2D eigenvalue weighted by atomic mass is 10.2. The second-order valence-corrected chi connectivity index (χ2v) is 5.55. The van der Waals surface area contributed by atoms with Crippen molar-refractivity contribution in [2.24, 2.45) is 0 Å². The number of nitrogens with one attached hydrogen (secondary N) is 2. The standard InChI is InChI=1S/C19H14F2N4O3/c1-28-18(27)11-3-2-4-12(9-11)23-17(26)16-7-8-22-19(25-16)24-13-5-6-14(20)15(21)10-13/h2-10H,1H3,(H,23,26)(H,22,24,25). The molecule has 0 unspecified atom stereocenters. The number of ether oxygens (including phenoxy) is 1. The van der Waals surface area contributed by atoms with Crippen LogP contribution in [0.15, 0.2) is 54.7 Å². The van der Waals surface area contributed by atoms with Crippen LogP contribution >= 0.6 is 0 Å². The minimum Gasteiger partial charge on any atom is -0.465 e. The number of hydrogen-bond acceptors (Lipinski definition) is 6. The van der Waals surface area contributed by atoms with E-state index in [1.165, 1.54) is 31.5 Å². The summed E-state index contributed by atoms with van der Waals surface area (Å²) in [5.74, 6) is -3.05. The van der Waals surface area contributed by atoms with Gasteiger partial charge >= 0.3 is 5.97 Å². The summed E-state index contributed by atoms with van der Waals surface area (Å²) in [6.07, 6.45) is 1.34. The van der Waals surface area contributed by atoms with Crippen LogP contribution in [0.5, 0.6) is 0 Å². The summed E-state index contributed by atoms with van der Waals surface area (Å²) >= 11 is 0. The van der Waals surface area contributed by atoms with Gasteiger partial charge in [0.2, 0.25) is 5.95 Å². The zero-order valence-electron chi connectivity index (χ0n) is 14.6. The third-order valence-electron chi connectivity index (χ3n) is 3.61. The van der Waals surface area contributed by atoms with Crippen LogP contribution in [0.4, 0.5) is 26.1 Å². The maximum Gasteiger partial charge on any atom is 0.337 e. The molecule has 0 atom stereocenters. The van der Waals surface area contributed by atoms with Gasteiger partial charge < -0.3 is 15.4 Å². The molecule has 1 aromatic heterocycles. The number of hydrogen-bond donors (Lipinski definition) is 2. The fraction of sp³-hybridized carbons (Fsp3) is 0.0526. The minimum absolute atomic E-state index is 0.0296. The molecule has 3 aromatic rings. The van der Waals surface area contributed by atoms with Crippen LogP contribution in [0.25, 0.3) is 0 Å². The second-order valence-electron chi connectivity index (χ2n) is 5.55. The highest BCUT2D eigenvalue weighted by atomic mass is 19.2. The Kier molecular flexibility index (Phi) is 5.54. The lowest BCUT2D eigenvalue weighted by molar-refractivity contribution is 0.0600. The summed E-state index contributed by atoms with van der Waals surface area (Å²) < 4.78 is 30.9. The van der Waals surface area contributed by atoms with E-state index in [0.29, 0.717) is 5.69 Å². The first-order valence-corrected chi connectivity index (χ1v) is 8.01. The molecule has 0 saturated heterocycles. The van der Waals surface area contributed by atoms with Crippen LogP contribution in [-0.4, -0.2) is 29.0 Å². The van der Waals surface area contributed by atoms with Gasteiger partial charge in [-0.05, 0) is 36.4 Å². The largest absolute Gasteiger partial charge is 0.465 e. The number of carbonyl (C=O) groups excluding carboxylic acids is 2. The smallest absolute Gasteiger partial charge is 0.337 e. The lowest BCUT2D eigenvalue weighted by Crippen LogP contribution is -2.15. The van der Waals surface area contributed by atoms with Gasteiger partial charge in [0.05, 0.1) is 12.7 Å². The molecule has 2 N–H and O–H groups in total. The average Bonchev–Trinajstić information content (AvgIpc) is 2.70. The van der Waals surface area contributed by atoms with Crippen molar-refractivity contribution in [3.63, 3.8) is 0 Å². The van der Waals surface area contributed by atoms with Crippen LogP contribution in [-0.2, 0) is 4.74 Å². The number of anilines is 3. The molecule has 0 spiro atoms. The Labute approximate surface area is 158 Å². The average molecular weight is 384 g/mol. The number of rotatable bonds is 5. The van der Waals surface area contributed by atoms with Crippen molar-refractivity contribution >= 4 is 29.2 Å². The van der Waals surface area contributed by atoms with E-state index < -0.39 is 23.5 Å². The van der Waals surface area contributed by atoms with Crippen LogP contribution in [0, 0.1) is 11.6 Å². The molecule has 1 heterocycles. The highest BCUT2D eigenvalue weighted by Gasteiger charge is 2.12. The summed E-state index contributed by atoms with van der Waals surface area (Å²) in [6.45, 7) is 0. The van der Waals surface area contributed by atoms with E-state index in [1.54, 1.807) is 18.2 Å². The van der Waals surface area contributed by atoms with Crippen LogP contribution < -0.4 is 10.6 Å². The van der Waals surface area contributed by atoms with Crippen molar-refractivity contribution in [2.75, 3.05) is 17.7 Å². The Balaban J connectivity index is 1.75. The first-order chi connectivity index (χ1) is 13.5. The Hall–Kier alpha value is -3.88. The number of methoxy groups -OCH3 is 1. The van der Waals surface area contributed by atoms with E-state index in [4.69, 9.17) is 0 Å². The van der Waals surface area contributed by atoms with E-state index in [1.807, 2.05) is 0 Å². The monoisotopic (exact) mass is 384 g/mol. The highest BCUT2D eigenvalue weighted by molar-refractivity contribution is 6.03. The topological polar surface area (TPSA) is 93.2 Å². The minimum atomic E-state index is -1.02. The molecule has 7 nitrogen and oxygen atoms in total. The summed E-state index contributed by atoms with van der Waals surface area (Å²) in [5, 5.41) is 5.30. The molecule has 3 rings (SSSR count). The summed E-state index contributed by atoms with van der Waals surface area (Å²) in [6, 6.07) is 10.8. The number of amides is 1. The van der Waals surface area contributed by atoms with Crippen molar-refractivity contribution in [2.45, 2.75) is 0 Å². The lowest BCUT2D eigenvalue weighted by Gasteiger charge is -2.08. The van der Waals surface area contributed by atoms with E-state index in [0.717, 1.165) is 12.1 Å². The maximum absolute atomic E-state index is 13.3. The molecule has 0 saturated carbocycles. The molecule has 9 heteroatoms. The molecule has 0 fully saturated rings. The number of carbonyl (C=O) groups is 2. The van der Waals surface area contributed by atoms with Gasteiger partial charge in [0.1, 0.15) is 5.69 Å². The molecule has 1 amide bonds. The molecule has 0 aliphatic heterocycles. The van der Waals surface area contributed by atoms with E-state index in [2.05, 4.69) is 25.3 Å². The van der Waals surface area contributed by atoms with Crippen LogP contribution in [0.1, 0.15) is 20.8 Å². The maximum atomic E-state index is 13.3. The molecule has 0 aliphatic rings. The molecule has 28 heavy (non-hydrogen) atoms. The molecular formula is C19H14F2N4O3. The number of esters is 1. The van der Waals surface area contributed by atoms with Gasteiger partial charge in [0.15, 0.2) is 11.6 Å². The summed E-state index contributed by atoms with van der Waals surface area (Å²) in [4.78, 5) is 32.0. The first kappa shape index (κ1) is 18.9. The fourth-order valence-electron chi connectivity index (χ4n) is 2.29. The van der Waals surface area contributed by atoms with Gasteiger partial charge in [-0.25, -0.2) is 23.5 Å². The number of halogens is 2. The van der Waals surface area contributed by atoms with Crippen molar-refractivity contribution < 1.29 is 23.1 Å². The van der Waals surface area contributed by atoms with Gasteiger partial charge in [-0.1, -0.05) is 6.07 Å². The predicted molar refractivity (Wildman–Crippen MR) is 97.4 cm³/mol. The molecule has 0 radical (unpaired) electrons. The Morgan fingerprint density at radius 2 is 1.82 bits per heavy atom.